The number of rotatable bonds is 5. The highest BCUT2D eigenvalue weighted by molar-refractivity contribution is 6.33. The number of anilines is 1. The minimum Gasteiger partial charge on any atom is -0.332 e. The van der Waals surface area contributed by atoms with Gasteiger partial charge in [-0.15, -0.1) is 0 Å². The van der Waals surface area contributed by atoms with Crippen molar-refractivity contribution in [3.63, 3.8) is 0 Å². The number of para-hydroxylation sites is 1. The molecule has 0 aliphatic rings. The van der Waals surface area contributed by atoms with Crippen molar-refractivity contribution in [1.29, 1.82) is 0 Å². The average molecular weight is 349 g/mol. The van der Waals surface area contributed by atoms with Gasteiger partial charge in [0.1, 0.15) is 5.82 Å². The number of hydrogen-bond acceptors (Lipinski definition) is 2. The van der Waals surface area contributed by atoms with Gasteiger partial charge in [0.2, 0.25) is 5.91 Å². The van der Waals surface area contributed by atoms with Crippen molar-refractivity contribution in [2.45, 2.75) is 13.3 Å². The van der Waals surface area contributed by atoms with Gasteiger partial charge in [0.05, 0.1) is 17.1 Å². The summed E-state index contributed by atoms with van der Waals surface area (Å²) in [5.74, 6) is -1.72. The molecule has 0 radical (unpaired) electrons. The fourth-order valence-electron chi connectivity index (χ4n) is 2.32. The van der Waals surface area contributed by atoms with E-state index in [1.54, 1.807) is 6.07 Å². The van der Waals surface area contributed by atoms with Crippen molar-refractivity contribution in [2.75, 3.05) is 18.9 Å². The SMILES string of the molecule is CCc1ccccc1NC(=O)CN(C)C(=O)c1c(F)cccc1Cl. The zero-order chi connectivity index (χ0) is 17.7. The quantitative estimate of drug-likeness (QED) is 0.894. The third kappa shape index (κ3) is 4.11. The second-order valence-electron chi connectivity index (χ2n) is 5.32. The van der Waals surface area contributed by atoms with Gasteiger partial charge in [-0.2, -0.15) is 0 Å². The van der Waals surface area contributed by atoms with Gasteiger partial charge in [0.15, 0.2) is 0 Å². The molecule has 0 spiro atoms. The minimum absolute atomic E-state index is 0.0172. The third-order valence-corrected chi connectivity index (χ3v) is 3.89. The van der Waals surface area contributed by atoms with E-state index in [2.05, 4.69) is 5.32 Å². The summed E-state index contributed by atoms with van der Waals surface area (Å²) in [5, 5.41) is 2.79. The summed E-state index contributed by atoms with van der Waals surface area (Å²) >= 11 is 5.89. The molecular weight excluding hydrogens is 331 g/mol. The predicted molar refractivity (Wildman–Crippen MR) is 92.8 cm³/mol. The van der Waals surface area contributed by atoms with Gasteiger partial charge >= 0.3 is 0 Å². The fraction of sp³-hybridized carbons (Fsp3) is 0.222. The summed E-state index contributed by atoms with van der Waals surface area (Å²) in [6, 6.07) is 11.4. The molecule has 0 atom stereocenters. The van der Waals surface area contributed by atoms with E-state index in [9.17, 15) is 14.0 Å². The van der Waals surface area contributed by atoms with Crippen LogP contribution >= 0.6 is 11.6 Å². The van der Waals surface area contributed by atoms with Crippen molar-refractivity contribution < 1.29 is 14.0 Å². The molecule has 2 aromatic rings. The smallest absolute Gasteiger partial charge is 0.258 e. The first-order chi connectivity index (χ1) is 11.4. The Morgan fingerprint density at radius 3 is 2.54 bits per heavy atom. The zero-order valence-electron chi connectivity index (χ0n) is 13.5. The van der Waals surface area contributed by atoms with Crippen molar-refractivity contribution in [2.24, 2.45) is 0 Å². The summed E-state index contributed by atoms with van der Waals surface area (Å²) in [6.07, 6.45) is 0.774. The Morgan fingerprint density at radius 1 is 1.17 bits per heavy atom. The van der Waals surface area contributed by atoms with Crippen LogP contribution in [-0.4, -0.2) is 30.3 Å². The maximum absolute atomic E-state index is 13.8. The van der Waals surface area contributed by atoms with E-state index in [0.29, 0.717) is 5.69 Å². The van der Waals surface area contributed by atoms with Crippen LogP contribution in [0.25, 0.3) is 0 Å². The molecule has 2 amide bonds. The minimum atomic E-state index is -0.712. The Bertz CT molecular complexity index is 744. The lowest BCUT2D eigenvalue weighted by Gasteiger charge is -2.18. The fourth-order valence-corrected chi connectivity index (χ4v) is 2.56. The molecule has 0 saturated heterocycles. The number of hydrogen-bond donors (Lipinski definition) is 1. The van der Waals surface area contributed by atoms with E-state index in [4.69, 9.17) is 11.6 Å². The molecule has 0 heterocycles. The molecule has 0 aromatic heterocycles. The molecule has 0 aliphatic heterocycles. The largest absolute Gasteiger partial charge is 0.332 e. The van der Waals surface area contributed by atoms with Crippen LogP contribution in [-0.2, 0) is 11.2 Å². The van der Waals surface area contributed by atoms with E-state index in [0.717, 1.165) is 23.0 Å². The highest BCUT2D eigenvalue weighted by Gasteiger charge is 2.21. The van der Waals surface area contributed by atoms with Crippen molar-refractivity contribution in [3.8, 4) is 0 Å². The van der Waals surface area contributed by atoms with Gasteiger partial charge < -0.3 is 10.2 Å². The van der Waals surface area contributed by atoms with Crippen LogP contribution in [0.1, 0.15) is 22.8 Å². The lowest BCUT2D eigenvalue weighted by Crippen LogP contribution is -2.35. The topological polar surface area (TPSA) is 49.4 Å². The lowest BCUT2D eigenvalue weighted by atomic mass is 10.1. The number of carbonyl (C=O) groups is 2. The maximum atomic E-state index is 13.8. The molecule has 6 heteroatoms. The van der Waals surface area contributed by atoms with E-state index >= 15 is 0 Å². The second kappa shape index (κ2) is 7.93. The van der Waals surface area contributed by atoms with Gasteiger partial charge in [0, 0.05) is 12.7 Å². The number of benzene rings is 2. The number of amides is 2. The molecule has 0 unspecified atom stereocenters. The number of carbonyl (C=O) groups excluding carboxylic acids is 2. The zero-order valence-corrected chi connectivity index (χ0v) is 14.2. The number of likely N-dealkylation sites (N-methyl/N-ethyl adjacent to an activating group) is 1. The first-order valence-electron chi connectivity index (χ1n) is 7.51. The second-order valence-corrected chi connectivity index (χ2v) is 5.72. The molecule has 1 N–H and O–H groups in total. The van der Waals surface area contributed by atoms with E-state index in [-0.39, 0.29) is 23.0 Å². The summed E-state index contributed by atoms with van der Waals surface area (Å²) in [5.41, 5.74) is 1.47. The van der Waals surface area contributed by atoms with Crippen LogP contribution in [0.15, 0.2) is 42.5 Å². The van der Waals surface area contributed by atoms with Gasteiger partial charge in [-0.05, 0) is 30.2 Å². The van der Waals surface area contributed by atoms with Gasteiger partial charge in [-0.25, -0.2) is 4.39 Å². The van der Waals surface area contributed by atoms with Crippen LogP contribution in [0.5, 0.6) is 0 Å². The highest BCUT2D eigenvalue weighted by atomic mass is 35.5. The van der Waals surface area contributed by atoms with Crippen LogP contribution in [0.2, 0.25) is 5.02 Å². The molecule has 4 nitrogen and oxygen atoms in total. The Labute approximate surface area is 145 Å². The molecular formula is C18H18ClFN2O2. The molecule has 24 heavy (non-hydrogen) atoms. The van der Waals surface area contributed by atoms with Crippen molar-refractivity contribution in [3.05, 3.63) is 64.4 Å². The van der Waals surface area contributed by atoms with Crippen LogP contribution in [0, 0.1) is 5.82 Å². The van der Waals surface area contributed by atoms with E-state index in [1.165, 1.54) is 19.2 Å². The van der Waals surface area contributed by atoms with Crippen molar-refractivity contribution in [1.82, 2.24) is 4.90 Å². The van der Waals surface area contributed by atoms with Crippen LogP contribution < -0.4 is 5.32 Å². The molecule has 126 valence electrons. The number of nitrogens with zero attached hydrogens (tertiary/aromatic N) is 1. The Balaban J connectivity index is 2.07. The Morgan fingerprint density at radius 2 is 1.88 bits per heavy atom. The summed E-state index contributed by atoms with van der Waals surface area (Å²) < 4.78 is 13.8. The first-order valence-corrected chi connectivity index (χ1v) is 7.89. The third-order valence-electron chi connectivity index (χ3n) is 3.58. The summed E-state index contributed by atoms with van der Waals surface area (Å²) in [7, 11) is 1.43. The predicted octanol–water partition coefficient (Wildman–Crippen LogP) is 3.75. The number of aryl methyl sites for hydroxylation is 1. The molecule has 0 fully saturated rings. The van der Waals surface area contributed by atoms with Crippen LogP contribution in [0.4, 0.5) is 10.1 Å². The molecule has 2 rings (SSSR count). The molecule has 0 saturated carbocycles. The Kier molecular flexibility index (Phi) is 5.93. The molecule has 0 bridgehead atoms. The summed E-state index contributed by atoms with van der Waals surface area (Å²) in [6.45, 7) is 1.78. The average Bonchev–Trinajstić information content (AvgIpc) is 2.54. The molecule has 0 aliphatic carbocycles. The summed E-state index contributed by atoms with van der Waals surface area (Å²) in [4.78, 5) is 25.6. The highest BCUT2D eigenvalue weighted by Crippen LogP contribution is 2.20. The Hall–Kier alpha value is -2.40. The number of halogens is 2. The van der Waals surface area contributed by atoms with Gasteiger partial charge in [-0.3, -0.25) is 9.59 Å². The first kappa shape index (κ1) is 17.9. The lowest BCUT2D eigenvalue weighted by molar-refractivity contribution is -0.116. The molecule has 2 aromatic carbocycles. The number of nitrogens with one attached hydrogen (secondary N) is 1. The standard InChI is InChI=1S/C18H18ClFN2O2/c1-3-12-7-4-5-10-15(12)21-16(23)11-22(2)18(24)17-13(19)8-6-9-14(17)20/h4-10H,3,11H2,1-2H3,(H,21,23). The normalized spacial score (nSPS) is 10.3. The van der Waals surface area contributed by atoms with E-state index in [1.807, 2.05) is 25.1 Å². The monoisotopic (exact) mass is 348 g/mol. The van der Waals surface area contributed by atoms with Gasteiger partial charge in [-0.1, -0.05) is 42.8 Å². The van der Waals surface area contributed by atoms with Crippen LogP contribution in [0.3, 0.4) is 0 Å². The van der Waals surface area contributed by atoms with E-state index < -0.39 is 11.7 Å². The van der Waals surface area contributed by atoms with Gasteiger partial charge in [0.25, 0.3) is 5.91 Å². The maximum Gasteiger partial charge on any atom is 0.258 e. The van der Waals surface area contributed by atoms with Crippen molar-refractivity contribution >= 4 is 29.1 Å².